The number of aromatic nitrogens is 5. The number of likely N-dealkylation sites (N-methyl/N-ethyl adjacent to an activating group) is 1. The fourth-order valence-corrected chi connectivity index (χ4v) is 3.72. The highest BCUT2D eigenvalue weighted by molar-refractivity contribution is 7.05. The monoisotopic (exact) mass is 321 g/mol. The molecule has 0 aliphatic carbocycles. The Morgan fingerprint density at radius 3 is 2.77 bits per heavy atom. The molecule has 120 valence electrons. The molecule has 7 nitrogen and oxygen atoms in total. The van der Waals surface area contributed by atoms with Crippen molar-refractivity contribution in [2.45, 2.75) is 38.4 Å². The van der Waals surface area contributed by atoms with E-state index in [1.165, 1.54) is 11.5 Å². The summed E-state index contributed by atoms with van der Waals surface area (Å²) in [6, 6.07) is 0.759. The van der Waals surface area contributed by atoms with Crippen LogP contribution in [0.15, 0.2) is 12.4 Å². The summed E-state index contributed by atoms with van der Waals surface area (Å²) < 4.78 is 6.42. The van der Waals surface area contributed by atoms with Crippen molar-refractivity contribution in [3.63, 3.8) is 0 Å². The van der Waals surface area contributed by atoms with Crippen molar-refractivity contribution in [2.24, 2.45) is 0 Å². The lowest BCUT2D eigenvalue weighted by Gasteiger charge is -2.24. The molecule has 2 aromatic heterocycles. The molecule has 1 saturated heterocycles. The SMILES string of the molecule is CC(C)c1nsc(CN2C[C@@H](n3ccnn3)[C@@H](N(C)C)C2)n1. The average Bonchev–Trinajstić information content (AvgIpc) is 3.18. The summed E-state index contributed by atoms with van der Waals surface area (Å²) in [4.78, 5) is 9.35. The third kappa shape index (κ3) is 3.18. The minimum Gasteiger partial charge on any atom is -0.303 e. The molecule has 0 aromatic carbocycles. The minimum absolute atomic E-state index is 0.329. The molecule has 3 heterocycles. The fourth-order valence-electron chi connectivity index (χ4n) is 2.90. The highest BCUT2D eigenvalue weighted by atomic mass is 32.1. The molecular weight excluding hydrogens is 298 g/mol. The molecule has 1 fully saturated rings. The molecule has 1 aliphatic heterocycles. The topological polar surface area (TPSA) is 63.0 Å². The van der Waals surface area contributed by atoms with Gasteiger partial charge in [-0.3, -0.25) is 4.90 Å². The lowest BCUT2D eigenvalue weighted by atomic mass is 10.1. The van der Waals surface area contributed by atoms with Gasteiger partial charge in [-0.05, 0) is 25.6 Å². The predicted molar refractivity (Wildman–Crippen MR) is 85.8 cm³/mol. The molecule has 1 aliphatic rings. The van der Waals surface area contributed by atoms with E-state index in [0.717, 1.165) is 30.5 Å². The summed E-state index contributed by atoms with van der Waals surface area (Å²) >= 11 is 1.52. The number of hydrogen-bond donors (Lipinski definition) is 0. The maximum Gasteiger partial charge on any atom is 0.145 e. The van der Waals surface area contributed by atoms with Gasteiger partial charge in [0.15, 0.2) is 0 Å². The lowest BCUT2D eigenvalue weighted by Crippen LogP contribution is -2.36. The Balaban J connectivity index is 1.70. The third-order valence-corrected chi connectivity index (χ3v) is 4.85. The zero-order valence-corrected chi connectivity index (χ0v) is 14.4. The van der Waals surface area contributed by atoms with Crippen molar-refractivity contribution in [1.29, 1.82) is 0 Å². The Morgan fingerprint density at radius 1 is 1.36 bits per heavy atom. The fraction of sp³-hybridized carbons (Fsp3) is 0.714. The number of likely N-dealkylation sites (tertiary alicyclic amines) is 1. The Bertz CT molecular complexity index is 592. The first-order chi connectivity index (χ1) is 10.5. The Morgan fingerprint density at radius 2 is 2.18 bits per heavy atom. The highest BCUT2D eigenvalue weighted by Crippen LogP contribution is 2.26. The summed E-state index contributed by atoms with van der Waals surface area (Å²) in [6.07, 6.45) is 3.70. The van der Waals surface area contributed by atoms with Crippen molar-refractivity contribution in [3.8, 4) is 0 Å². The summed E-state index contributed by atoms with van der Waals surface area (Å²) in [7, 11) is 4.25. The van der Waals surface area contributed by atoms with E-state index in [2.05, 4.69) is 57.4 Å². The second-order valence-electron chi connectivity index (χ2n) is 6.38. The van der Waals surface area contributed by atoms with Gasteiger partial charge in [-0.2, -0.15) is 4.37 Å². The van der Waals surface area contributed by atoms with Gasteiger partial charge in [0.25, 0.3) is 0 Å². The van der Waals surface area contributed by atoms with Crippen LogP contribution in [0.1, 0.15) is 36.6 Å². The molecule has 0 amide bonds. The first-order valence-corrected chi connectivity index (χ1v) is 8.39. The smallest absolute Gasteiger partial charge is 0.145 e. The molecule has 3 rings (SSSR count). The van der Waals surface area contributed by atoms with Gasteiger partial charge >= 0.3 is 0 Å². The lowest BCUT2D eigenvalue weighted by molar-refractivity contribution is 0.237. The van der Waals surface area contributed by atoms with Crippen LogP contribution in [0.3, 0.4) is 0 Å². The maximum atomic E-state index is 4.65. The van der Waals surface area contributed by atoms with E-state index < -0.39 is 0 Å². The van der Waals surface area contributed by atoms with Crippen LogP contribution in [0, 0.1) is 0 Å². The van der Waals surface area contributed by atoms with E-state index in [0.29, 0.717) is 18.0 Å². The molecule has 22 heavy (non-hydrogen) atoms. The van der Waals surface area contributed by atoms with Crippen LogP contribution < -0.4 is 0 Å². The second-order valence-corrected chi connectivity index (χ2v) is 7.21. The molecular formula is C14H23N7S. The van der Waals surface area contributed by atoms with Gasteiger partial charge in [0.1, 0.15) is 10.8 Å². The van der Waals surface area contributed by atoms with Crippen LogP contribution in [0.25, 0.3) is 0 Å². The maximum absolute atomic E-state index is 4.65. The molecule has 0 bridgehead atoms. The van der Waals surface area contributed by atoms with Crippen LogP contribution in [-0.4, -0.2) is 67.4 Å². The molecule has 2 atom stereocenters. The molecule has 8 heteroatoms. The second kappa shape index (κ2) is 6.39. The standard InChI is InChI=1S/C14H23N7S/c1-10(2)14-16-13(22-17-14)9-20-7-11(19(3)4)12(8-20)21-6-5-15-18-21/h5-6,10-12H,7-9H2,1-4H3/t11-,12+/m0/s1. The summed E-state index contributed by atoms with van der Waals surface area (Å²) in [5.41, 5.74) is 0. The van der Waals surface area contributed by atoms with E-state index >= 15 is 0 Å². The number of hydrogen-bond acceptors (Lipinski definition) is 7. The first kappa shape index (κ1) is 15.5. The van der Waals surface area contributed by atoms with Gasteiger partial charge in [0.05, 0.1) is 18.8 Å². The number of nitrogens with zero attached hydrogens (tertiary/aromatic N) is 7. The van der Waals surface area contributed by atoms with Gasteiger partial charge in [-0.15, -0.1) is 5.10 Å². The van der Waals surface area contributed by atoms with Crippen LogP contribution in [-0.2, 0) is 6.54 Å². The van der Waals surface area contributed by atoms with Crippen molar-refractivity contribution in [2.75, 3.05) is 27.2 Å². The largest absolute Gasteiger partial charge is 0.303 e. The van der Waals surface area contributed by atoms with Crippen LogP contribution in [0.5, 0.6) is 0 Å². The van der Waals surface area contributed by atoms with Crippen molar-refractivity contribution in [1.82, 2.24) is 34.2 Å². The first-order valence-electron chi connectivity index (χ1n) is 7.61. The van der Waals surface area contributed by atoms with Gasteiger partial charge in [-0.25, -0.2) is 9.67 Å². The van der Waals surface area contributed by atoms with E-state index in [1.54, 1.807) is 6.20 Å². The quantitative estimate of drug-likeness (QED) is 0.826. The van der Waals surface area contributed by atoms with Crippen LogP contribution in [0.4, 0.5) is 0 Å². The molecule has 2 aromatic rings. The summed E-state index contributed by atoms with van der Waals surface area (Å²) in [5, 5.41) is 9.23. The molecule has 0 saturated carbocycles. The van der Waals surface area contributed by atoms with Crippen molar-refractivity contribution < 1.29 is 0 Å². The Hall–Kier alpha value is -1.38. The van der Waals surface area contributed by atoms with Crippen molar-refractivity contribution in [3.05, 3.63) is 23.2 Å². The Labute approximate surface area is 135 Å². The molecule has 0 radical (unpaired) electrons. The Kier molecular flexibility index (Phi) is 4.51. The number of rotatable bonds is 5. The van der Waals surface area contributed by atoms with Crippen LogP contribution in [0.2, 0.25) is 0 Å². The minimum atomic E-state index is 0.329. The highest BCUT2D eigenvalue weighted by Gasteiger charge is 2.36. The summed E-state index contributed by atoms with van der Waals surface area (Å²) in [5.74, 6) is 1.34. The van der Waals surface area contributed by atoms with E-state index in [1.807, 2.05) is 10.9 Å². The predicted octanol–water partition coefficient (Wildman–Crippen LogP) is 1.24. The zero-order chi connectivity index (χ0) is 15.7. The molecule has 0 N–H and O–H groups in total. The van der Waals surface area contributed by atoms with E-state index in [9.17, 15) is 0 Å². The van der Waals surface area contributed by atoms with E-state index in [4.69, 9.17) is 0 Å². The van der Waals surface area contributed by atoms with Gasteiger partial charge in [-0.1, -0.05) is 19.1 Å². The van der Waals surface area contributed by atoms with E-state index in [-0.39, 0.29) is 0 Å². The van der Waals surface area contributed by atoms with Gasteiger partial charge in [0.2, 0.25) is 0 Å². The zero-order valence-electron chi connectivity index (χ0n) is 13.5. The molecule has 0 unspecified atom stereocenters. The van der Waals surface area contributed by atoms with Gasteiger partial charge in [0, 0.05) is 31.2 Å². The average molecular weight is 321 g/mol. The molecule has 0 spiro atoms. The normalized spacial score (nSPS) is 23.0. The third-order valence-electron chi connectivity index (χ3n) is 4.14. The van der Waals surface area contributed by atoms with Gasteiger partial charge < -0.3 is 4.90 Å². The van der Waals surface area contributed by atoms with Crippen molar-refractivity contribution >= 4 is 11.5 Å². The van der Waals surface area contributed by atoms with Crippen LogP contribution >= 0.6 is 11.5 Å². The summed E-state index contributed by atoms with van der Waals surface area (Å²) in [6.45, 7) is 7.09.